The first-order valence-electron chi connectivity index (χ1n) is 14.4. The number of para-hydroxylation sites is 6. The number of anilines is 6. The minimum atomic E-state index is 0. The number of hydrogen-bond donors (Lipinski definition) is 6. The van der Waals surface area contributed by atoms with E-state index in [-0.39, 0.29) is 14.9 Å². The Hall–Kier alpha value is -5.70. The molecule has 0 radical (unpaired) electrons. The van der Waals surface area contributed by atoms with Gasteiger partial charge < -0.3 is 32.7 Å². The van der Waals surface area contributed by atoms with Crippen LogP contribution in [-0.4, -0.2) is 10.2 Å². The Morgan fingerprint density at radius 3 is 0.625 bits per heavy atom. The first-order valence-corrected chi connectivity index (χ1v) is 15.3. The zero-order valence-electron chi connectivity index (χ0n) is 25.3. The lowest BCUT2D eigenvalue weighted by molar-refractivity contribution is 1.60. The predicted octanol–water partition coefficient (Wildman–Crippen LogP) is 10.8. The van der Waals surface area contributed by atoms with Gasteiger partial charge in [-0.05, 0) is 97.2 Å². The maximum atomic E-state index is 5.36. The second kappa shape index (κ2) is 24.5. The van der Waals surface area contributed by atoms with Gasteiger partial charge in [0.2, 0.25) is 0 Å². The van der Waals surface area contributed by atoms with Gasteiger partial charge in [0.15, 0.2) is 10.2 Å². The molecule has 0 unspecified atom stereocenters. The summed E-state index contributed by atoms with van der Waals surface area (Å²) in [4.78, 5) is 0. The van der Waals surface area contributed by atoms with Crippen LogP contribution in [0.5, 0.6) is 0 Å². The number of nitrogens with one attached hydrogen (secondary N) is 4. The molecule has 248 valence electrons. The normalized spacial score (nSPS) is 8.83. The number of rotatable bonds is 4. The molecule has 0 bridgehead atoms. The summed E-state index contributed by atoms with van der Waals surface area (Å²) in [5.74, 6) is 0. The van der Waals surface area contributed by atoms with E-state index in [2.05, 4.69) is 21.3 Å². The van der Waals surface area contributed by atoms with E-state index >= 15 is 0 Å². The fourth-order valence-corrected chi connectivity index (χ4v) is 4.05. The van der Waals surface area contributed by atoms with Crippen LogP contribution in [0.3, 0.4) is 0 Å². The van der Waals surface area contributed by atoms with E-state index < -0.39 is 0 Å². The maximum Gasteiger partial charge on any atom is 0.175 e. The monoisotopic (exact) mass is 674 g/mol. The fourth-order valence-electron chi connectivity index (χ4n) is 3.58. The summed E-state index contributed by atoms with van der Waals surface area (Å²) >= 11 is 10.4. The van der Waals surface area contributed by atoms with Crippen molar-refractivity contribution in [1.82, 2.24) is 0 Å². The van der Waals surface area contributed by atoms with Gasteiger partial charge in [0.25, 0.3) is 0 Å². The van der Waals surface area contributed by atoms with Crippen LogP contribution < -0.4 is 32.7 Å². The van der Waals surface area contributed by atoms with Crippen molar-refractivity contribution in [2.24, 2.45) is 0 Å². The average Bonchev–Trinajstić information content (AvgIpc) is 3.08. The summed E-state index contributed by atoms with van der Waals surface area (Å²) < 4.78 is 0. The van der Waals surface area contributed by atoms with Gasteiger partial charge in [0.1, 0.15) is 0 Å². The summed E-state index contributed by atoms with van der Waals surface area (Å²) in [6.45, 7) is 0. The van der Waals surface area contributed by atoms with E-state index in [0.717, 1.165) is 34.1 Å². The number of nitrogens with two attached hydrogens (primary N) is 2. The second-order valence-corrected chi connectivity index (χ2v) is 10.3. The molecule has 0 saturated heterocycles. The van der Waals surface area contributed by atoms with Crippen molar-refractivity contribution in [3.63, 3.8) is 0 Å². The van der Waals surface area contributed by atoms with Gasteiger partial charge in [0, 0.05) is 34.1 Å². The summed E-state index contributed by atoms with van der Waals surface area (Å²) in [6, 6.07) is 58.4. The van der Waals surface area contributed by atoms with Crippen molar-refractivity contribution in [3.8, 4) is 0 Å². The van der Waals surface area contributed by atoms with Gasteiger partial charge in [-0.1, -0.05) is 124 Å². The van der Waals surface area contributed by atoms with Crippen LogP contribution in [0.15, 0.2) is 182 Å². The number of nitrogen functional groups attached to an aromatic ring is 2. The highest BCUT2D eigenvalue weighted by Gasteiger charge is 1.98. The molecular formula is C40H46N6S2. The van der Waals surface area contributed by atoms with Crippen molar-refractivity contribution >= 4 is 68.8 Å². The van der Waals surface area contributed by atoms with Crippen molar-refractivity contribution < 1.29 is 0 Å². The van der Waals surface area contributed by atoms with Crippen LogP contribution in [0, 0.1) is 0 Å². The molecular weight excluding hydrogens is 629 g/mol. The van der Waals surface area contributed by atoms with Crippen LogP contribution >= 0.6 is 24.4 Å². The Morgan fingerprint density at radius 2 is 0.479 bits per heavy atom. The van der Waals surface area contributed by atoms with Gasteiger partial charge >= 0.3 is 0 Å². The molecule has 6 rings (SSSR count). The summed E-state index contributed by atoms with van der Waals surface area (Å²) in [5.41, 5.74) is 16.3. The highest BCUT2D eigenvalue weighted by atomic mass is 32.1. The molecule has 0 saturated carbocycles. The van der Waals surface area contributed by atoms with Crippen molar-refractivity contribution in [2.75, 3.05) is 32.7 Å². The lowest BCUT2D eigenvalue weighted by atomic mass is 10.3. The van der Waals surface area contributed by atoms with Crippen LogP contribution in [-0.2, 0) is 0 Å². The highest BCUT2D eigenvalue weighted by molar-refractivity contribution is 7.81. The Bertz CT molecular complexity index is 1440. The summed E-state index contributed by atoms with van der Waals surface area (Å²) in [6.07, 6.45) is 0. The topological polar surface area (TPSA) is 100 Å². The lowest BCUT2D eigenvalue weighted by Gasteiger charge is -2.09. The Labute approximate surface area is 297 Å². The SMILES string of the molecule is C.C.Nc1ccccc1.Nc1ccccc1.S=C(Nc1ccccc1)Nc1ccccc1.S=C(Nc1ccccc1)Nc1ccccc1. The molecule has 0 amide bonds. The molecule has 8 N–H and O–H groups in total. The largest absolute Gasteiger partial charge is 0.399 e. The minimum Gasteiger partial charge on any atom is -0.399 e. The van der Waals surface area contributed by atoms with E-state index in [0.29, 0.717) is 10.2 Å². The molecule has 6 aromatic carbocycles. The molecule has 6 nitrogen and oxygen atoms in total. The lowest BCUT2D eigenvalue weighted by Crippen LogP contribution is -2.18. The standard InChI is InChI=1S/2C13H12N2S.2C6H7N.2CH4/c2*16-13(14-11-7-3-1-4-8-11)15-12-9-5-2-6-10-12;2*7-6-4-2-1-3-5-6;;/h2*1-10H,(H2,14,15,16);2*1-5H,7H2;2*1H4. The first kappa shape index (κ1) is 40.3. The molecule has 6 aromatic rings. The number of benzene rings is 6. The predicted molar refractivity (Wildman–Crippen MR) is 221 cm³/mol. The highest BCUT2D eigenvalue weighted by Crippen LogP contribution is 2.10. The third kappa shape index (κ3) is 18.3. The van der Waals surface area contributed by atoms with Gasteiger partial charge in [-0.2, -0.15) is 0 Å². The minimum absolute atomic E-state index is 0. The zero-order chi connectivity index (χ0) is 32.7. The molecule has 0 aliphatic carbocycles. The number of thiocarbonyl (C=S) groups is 2. The summed E-state index contributed by atoms with van der Waals surface area (Å²) in [5, 5.41) is 13.6. The molecule has 0 spiro atoms. The van der Waals surface area contributed by atoms with E-state index in [1.165, 1.54) is 0 Å². The van der Waals surface area contributed by atoms with E-state index in [9.17, 15) is 0 Å². The van der Waals surface area contributed by atoms with Crippen LogP contribution in [0.2, 0.25) is 0 Å². The molecule has 48 heavy (non-hydrogen) atoms. The van der Waals surface area contributed by atoms with Crippen molar-refractivity contribution in [1.29, 1.82) is 0 Å². The third-order valence-electron chi connectivity index (χ3n) is 5.73. The summed E-state index contributed by atoms with van der Waals surface area (Å²) in [7, 11) is 0. The Balaban J connectivity index is 0.000000337. The van der Waals surface area contributed by atoms with E-state index in [1.54, 1.807) is 0 Å². The fraction of sp³-hybridized carbons (Fsp3) is 0.0500. The zero-order valence-corrected chi connectivity index (χ0v) is 26.9. The van der Waals surface area contributed by atoms with Gasteiger partial charge in [0.05, 0.1) is 0 Å². The van der Waals surface area contributed by atoms with E-state index in [4.69, 9.17) is 35.9 Å². The second-order valence-electron chi connectivity index (χ2n) is 9.44. The van der Waals surface area contributed by atoms with Gasteiger partial charge in [-0.15, -0.1) is 0 Å². The van der Waals surface area contributed by atoms with E-state index in [1.807, 2.05) is 182 Å². The Kier molecular flexibility index (Phi) is 20.6. The van der Waals surface area contributed by atoms with Crippen LogP contribution in [0.1, 0.15) is 14.9 Å². The average molecular weight is 675 g/mol. The van der Waals surface area contributed by atoms with Crippen LogP contribution in [0.4, 0.5) is 34.1 Å². The van der Waals surface area contributed by atoms with Crippen molar-refractivity contribution in [2.45, 2.75) is 14.9 Å². The third-order valence-corrected chi connectivity index (χ3v) is 6.13. The molecule has 0 aliphatic heterocycles. The van der Waals surface area contributed by atoms with Gasteiger partial charge in [-0.25, -0.2) is 0 Å². The molecule has 8 heteroatoms. The van der Waals surface area contributed by atoms with Gasteiger partial charge in [-0.3, -0.25) is 0 Å². The number of hydrogen-bond acceptors (Lipinski definition) is 4. The quantitative estimate of drug-likeness (QED) is 0.0812. The maximum absolute atomic E-state index is 5.36. The molecule has 0 aliphatic rings. The van der Waals surface area contributed by atoms with Crippen molar-refractivity contribution in [3.05, 3.63) is 182 Å². The molecule has 0 fully saturated rings. The smallest absolute Gasteiger partial charge is 0.175 e. The Morgan fingerprint density at radius 1 is 0.312 bits per heavy atom. The molecule has 0 heterocycles. The molecule has 0 atom stereocenters. The molecule has 0 aromatic heterocycles. The first-order chi connectivity index (χ1) is 22.5. The van der Waals surface area contributed by atoms with Crippen LogP contribution in [0.25, 0.3) is 0 Å².